The molecule has 16 heteroatoms. The van der Waals surface area contributed by atoms with Crippen LogP contribution in [0, 0.1) is 5.92 Å². The van der Waals surface area contributed by atoms with Crippen molar-refractivity contribution in [2.24, 2.45) is 5.92 Å². The summed E-state index contributed by atoms with van der Waals surface area (Å²) in [5.41, 5.74) is 0.0922. The Morgan fingerprint density at radius 1 is 1.14 bits per heavy atom. The molecule has 2 saturated heterocycles. The molecule has 0 aliphatic carbocycles. The van der Waals surface area contributed by atoms with Gasteiger partial charge >= 0.3 is 0 Å². The number of amides is 1. The molecule has 5 rings (SSSR count). The first-order valence-electron chi connectivity index (χ1n) is 11.6. The van der Waals surface area contributed by atoms with Crippen molar-refractivity contribution in [2.45, 2.75) is 37.6 Å². The standard InChI is InChI=1S/C21H26F2N8O4S2/c1-12(2)20(32)30-6-4-29(5-7-30)14-8-13(37(33,34)28-21(3)10-35-11-21)9-31-16(14)24-25-17(31)19-27-26-18(36-19)15(22)23/h8-9,12,15,28H,4-7,10-11H2,1-3H3. The van der Waals surface area contributed by atoms with Gasteiger partial charge in [-0.1, -0.05) is 25.2 Å². The van der Waals surface area contributed by atoms with Crippen molar-refractivity contribution >= 4 is 38.6 Å². The lowest BCUT2D eigenvalue weighted by molar-refractivity contribution is -0.134. The van der Waals surface area contributed by atoms with E-state index in [2.05, 4.69) is 25.1 Å². The Hall–Kier alpha value is -2.82. The van der Waals surface area contributed by atoms with Crippen LogP contribution in [0.5, 0.6) is 0 Å². The molecule has 0 saturated carbocycles. The monoisotopic (exact) mass is 556 g/mol. The largest absolute Gasteiger partial charge is 0.377 e. The summed E-state index contributed by atoms with van der Waals surface area (Å²) in [4.78, 5) is 16.1. The summed E-state index contributed by atoms with van der Waals surface area (Å²) in [6.07, 6.45) is -1.45. The van der Waals surface area contributed by atoms with E-state index in [0.29, 0.717) is 48.9 Å². The van der Waals surface area contributed by atoms with E-state index in [1.165, 1.54) is 16.7 Å². The van der Waals surface area contributed by atoms with Crippen molar-refractivity contribution in [3.05, 3.63) is 17.3 Å². The quantitative estimate of drug-likeness (QED) is 0.460. The van der Waals surface area contributed by atoms with E-state index < -0.39 is 27.0 Å². The first-order valence-corrected chi connectivity index (χ1v) is 13.9. The van der Waals surface area contributed by atoms with Crippen LogP contribution in [-0.2, 0) is 19.6 Å². The summed E-state index contributed by atoms with van der Waals surface area (Å²) in [5.74, 6) is 0.0282. The van der Waals surface area contributed by atoms with Crippen LogP contribution >= 0.6 is 11.3 Å². The smallest absolute Gasteiger partial charge is 0.291 e. The Balaban J connectivity index is 1.57. The summed E-state index contributed by atoms with van der Waals surface area (Å²) in [7, 11) is -4.00. The normalized spacial score (nSPS) is 18.1. The van der Waals surface area contributed by atoms with Gasteiger partial charge in [0, 0.05) is 38.3 Å². The Labute approximate surface area is 215 Å². The van der Waals surface area contributed by atoms with Gasteiger partial charge in [0.25, 0.3) is 6.43 Å². The number of pyridine rings is 1. The second kappa shape index (κ2) is 9.49. The number of anilines is 1. The average Bonchev–Trinajstić information content (AvgIpc) is 3.49. The van der Waals surface area contributed by atoms with Crippen molar-refractivity contribution in [1.29, 1.82) is 0 Å². The third-order valence-corrected chi connectivity index (χ3v) is 8.77. The van der Waals surface area contributed by atoms with Gasteiger partial charge in [-0.15, -0.1) is 20.4 Å². The first kappa shape index (κ1) is 25.8. The summed E-state index contributed by atoms with van der Waals surface area (Å²) < 4.78 is 62.3. The molecule has 0 unspecified atom stereocenters. The predicted molar refractivity (Wildman–Crippen MR) is 130 cm³/mol. The molecule has 2 fully saturated rings. The maximum absolute atomic E-state index is 13.4. The molecule has 200 valence electrons. The van der Waals surface area contributed by atoms with Crippen LogP contribution in [0.25, 0.3) is 16.5 Å². The highest BCUT2D eigenvalue weighted by Crippen LogP contribution is 2.33. The van der Waals surface area contributed by atoms with Crippen LogP contribution in [-0.4, -0.2) is 89.0 Å². The SMILES string of the molecule is CC(C)C(=O)N1CCN(c2cc(S(=O)(=O)NC3(C)COC3)cn3c(-c4nnc(C(F)F)s4)nnc23)CC1. The number of nitrogens with one attached hydrogen (secondary N) is 1. The van der Waals surface area contributed by atoms with E-state index >= 15 is 0 Å². The number of hydrogen-bond acceptors (Lipinski definition) is 10. The molecular formula is C21H26F2N8O4S2. The third kappa shape index (κ3) is 4.89. The van der Waals surface area contributed by atoms with Crippen LogP contribution in [0.1, 0.15) is 32.2 Å². The van der Waals surface area contributed by atoms with Crippen LogP contribution in [0.4, 0.5) is 14.5 Å². The summed E-state index contributed by atoms with van der Waals surface area (Å²) in [6.45, 7) is 7.75. The van der Waals surface area contributed by atoms with Gasteiger partial charge in [-0.3, -0.25) is 9.20 Å². The molecule has 0 radical (unpaired) electrons. The number of carbonyl (C=O) groups excluding carboxylic acids is 1. The molecule has 12 nitrogen and oxygen atoms in total. The van der Waals surface area contributed by atoms with E-state index in [-0.39, 0.29) is 40.8 Å². The molecule has 0 spiro atoms. The number of carbonyl (C=O) groups is 1. The van der Waals surface area contributed by atoms with Gasteiger partial charge in [0.1, 0.15) is 4.90 Å². The van der Waals surface area contributed by atoms with E-state index in [4.69, 9.17) is 4.74 Å². The lowest BCUT2D eigenvalue weighted by Crippen LogP contribution is -2.59. The highest BCUT2D eigenvalue weighted by molar-refractivity contribution is 7.89. The molecule has 2 aliphatic heterocycles. The molecule has 1 N–H and O–H groups in total. The van der Waals surface area contributed by atoms with Crippen molar-refractivity contribution in [3.8, 4) is 10.8 Å². The third-order valence-electron chi connectivity index (χ3n) is 6.24. The minimum atomic E-state index is -4.00. The lowest BCUT2D eigenvalue weighted by Gasteiger charge is -2.38. The van der Waals surface area contributed by atoms with E-state index in [0.717, 1.165) is 0 Å². The predicted octanol–water partition coefficient (Wildman–Crippen LogP) is 1.56. The van der Waals surface area contributed by atoms with E-state index in [1.54, 1.807) is 11.8 Å². The van der Waals surface area contributed by atoms with Crippen LogP contribution in [0.15, 0.2) is 17.2 Å². The maximum atomic E-state index is 13.4. The molecule has 0 atom stereocenters. The van der Waals surface area contributed by atoms with Gasteiger partial charge in [-0.25, -0.2) is 21.9 Å². The number of fused-ring (bicyclic) bond motifs is 1. The van der Waals surface area contributed by atoms with Gasteiger partial charge in [-0.2, -0.15) is 0 Å². The lowest BCUT2D eigenvalue weighted by atomic mass is 10.0. The zero-order valence-corrected chi connectivity index (χ0v) is 22.0. The number of rotatable bonds is 7. The molecule has 0 bridgehead atoms. The fourth-order valence-electron chi connectivity index (χ4n) is 4.27. The maximum Gasteiger partial charge on any atom is 0.291 e. The number of piperazine rings is 1. The topological polar surface area (TPSA) is 135 Å². The number of ether oxygens (including phenoxy) is 1. The highest BCUT2D eigenvalue weighted by Gasteiger charge is 2.38. The Morgan fingerprint density at radius 2 is 1.84 bits per heavy atom. The highest BCUT2D eigenvalue weighted by atomic mass is 32.2. The molecular weight excluding hydrogens is 530 g/mol. The Bertz CT molecular complexity index is 1430. The van der Waals surface area contributed by atoms with Crippen molar-refractivity contribution < 1.29 is 26.7 Å². The van der Waals surface area contributed by atoms with Crippen molar-refractivity contribution in [1.82, 2.24) is 34.4 Å². The van der Waals surface area contributed by atoms with Crippen LogP contribution in [0.2, 0.25) is 0 Å². The molecule has 0 aromatic carbocycles. The number of halogens is 2. The number of hydrogen-bond donors (Lipinski definition) is 1. The molecule has 37 heavy (non-hydrogen) atoms. The van der Waals surface area contributed by atoms with Gasteiger partial charge in [0.05, 0.1) is 24.4 Å². The zero-order valence-electron chi connectivity index (χ0n) is 20.4. The first-order chi connectivity index (χ1) is 17.5. The minimum absolute atomic E-state index is 0.0524. The van der Waals surface area contributed by atoms with Gasteiger partial charge in [0.15, 0.2) is 21.5 Å². The fraction of sp³-hybridized carbons (Fsp3) is 0.571. The van der Waals surface area contributed by atoms with E-state index in [9.17, 15) is 22.0 Å². The van der Waals surface area contributed by atoms with Crippen LogP contribution < -0.4 is 9.62 Å². The molecule has 1 amide bonds. The zero-order chi connectivity index (χ0) is 26.5. The molecule has 3 aromatic heterocycles. The van der Waals surface area contributed by atoms with Crippen LogP contribution in [0.3, 0.4) is 0 Å². The van der Waals surface area contributed by atoms with Gasteiger partial charge in [0.2, 0.25) is 15.9 Å². The number of alkyl halides is 2. The molecule has 5 heterocycles. The number of sulfonamides is 1. The summed E-state index contributed by atoms with van der Waals surface area (Å²) in [5, 5.41) is 15.3. The fourth-order valence-corrected chi connectivity index (χ4v) is 6.35. The molecule has 3 aromatic rings. The number of aromatic nitrogens is 5. The summed E-state index contributed by atoms with van der Waals surface area (Å²) in [6, 6.07) is 1.52. The Morgan fingerprint density at radius 3 is 2.41 bits per heavy atom. The second-order valence-corrected chi connectivity index (χ2v) is 12.3. The average molecular weight is 557 g/mol. The summed E-state index contributed by atoms with van der Waals surface area (Å²) >= 11 is 0.662. The number of nitrogens with zero attached hydrogens (tertiary/aromatic N) is 7. The van der Waals surface area contributed by atoms with Crippen molar-refractivity contribution in [2.75, 3.05) is 44.3 Å². The van der Waals surface area contributed by atoms with E-state index in [1.807, 2.05) is 18.7 Å². The second-order valence-electron chi connectivity index (χ2n) is 9.65. The molecule has 2 aliphatic rings. The minimum Gasteiger partial charge on any atom is -0.377 e. The van der Waals surface area contributed by atoms with Crippen molar-refractivity contribution in [3.63, 3.8) is 0 Å². The van der Waals surface area contributed by atoms with Gasteiger partial charge < -0.3 is 14.5 Å². The van der Waals surface area contributed by atoms with Gasteiger partial charge in [-0.05, 0) is 13.0 Å². The Kier molecular flexibility index (Phi) is 6.62.